The van der Waals surface area contributed by atoms with Crippen molar-refractivity contribution >= 4 is 12.3 Å². The molecule has 0 aromatic heterocycles. The summed E-state index contributed by atoms with van der Waals surface area (Å²) >= 11 is 0. The van der Waals surface area contributed by atoms with E-state index >= 15 is 0 Å². The molecular weight excluding hydrogens is 568 g/mol. The summed E-state index contributed by atoms with van der Waals surface area (Å²) in [7, 11) is 2.25. The van der Waals surface area contributed by atoms with Crippen molar-refractivity contribution in [3.8, 4) is 0 Å². The van der Waals surface area contributed by atoms with Crippen LogP contribution in [0.25, 0.3) is 0 Å². The van der Waals surface area contributed by atoms with Crippen molar-refractivity contribution in [1.82, 2.24) is 9.80 Å². The maximum atomic E-state index is 12.3. The molecule has 0 bridgehead atoms. The molecule has 5 nitrogen and oxygen atoms in total. The summed E-state index contributed by atoms with van der Waals surface area (Å²) in [6.45, 7) is 11.4. The molecule has 0 saturated carbocycles. The van der Waals surface area contributed by atoms with Crippen molar-refractivity contribution in [1.29, 1.82) is 0 Å². The molecule has 0 amide bonds. The molecule has 1 saturated heterocycles. The van der Waals surface area contributed by atoms with Crippen LogP contribution in [0.1, 0.15) is 194 Å². The number of unbranched alkanes of at least 4 members (excludes halogenated alkanes) is 17. The first kappa shape index (κ1) is 43.1. The zero-order chi connectivity index (χ0) is 33.3. The molecule has 1 aliphatic heterocycles. The van der Waals surface area contributed by atoms with Gasteiger partial charge in [-0.05, 0) is 51.1 Å². The van der Waals surface area contributed by atoms with E-state index < -0.39 is 0 Å². The lowest BCUT2D eigenvalue weighted by Gasteiger charge is -2.33. The molecule has 0 radical (unpaired) electrons. The second-order valence-corrected chi connectivity index (χ2v) is 14.9. The Balaban J connectivity index is 2.13. The van der Waals surface area contributed by atoms with Gasteiger partial charge in [-0.25, -0.2) is 0 Å². The number of carbonyl (C=O) groups excluding carboxylic acids is 2. The average molecular weight is 649 g/mol. The minimum atomic E-state index is 0.0260. The molecule has 1 heterocycles. The second-order valence-electron chi connectivity index (χ2n) is 14.9. The Morgan fingerprint density at radius 1 is 0.587 bits per heavy atom. The van der Waals surface area contributed by atoms with E-state index in [2.05, 4.69) is 30.7 Å². The van der Waals surface area contributed by atoms with Gasteiger partial charge in [-0.3, -0.25) is 4.79 Å². The van der Waals surface area contributed by atoms with Crippen molar-refractivity contribution in [3.05, 3.63) is 0 Å². The van der Waals surface area contributed by atoms with E-state index in [1.54, 1.807) is 0 Å². The molecule has 46 heavy (non-hydrogen) atoms. The lowest BCUT2D eigenvalue weighted by Crippen LogP contribution is -2.44. The van der Waals surface area contributed by atoms with Crippen molar-refractivity contribution in [2.75, 3.05) is 46.4 Å². The first-order chi connectivity index (χ1) is 22.6. The van der Waals surface area contributed by atoms with Crippen LogP contribution in [0, 0.1) is 11.8 Å². The van der Waals surface area contributed by atoms with Gasteiger partial charge in [0, 0.05) is 39.0 Å². The van der Waals surface area contributed by atoms with Crippen LogP contribution >= 0.6 is 0 Å². The van der Waals surface area contributed by atoms with E-state index in [9.17, 15) is 9.59 Å². The number of piperazine rings is 1. The topological polar surface area (TPSA) is 49.9 Å². The van der Waals surface area contributed by atoms with Gasteiger partial charge >= 0.3 is 5.97 Å². The van der Waals surface area contributed by atoms with Gasteiger partial charge in [-0.2, -0.15) is 0 Å². The van der Waals surface area contributed by atoms with Gasteiger partial charge in [-0.15, -0.1) is 0 Å². The summed E-state index contributed by atoms with van der Waals surface area (Å²) in [5.74, 6) is 1.65. The van der Waals surface area contributed by atoms with Gasteiger partial charge in [0.15, 0.2) is 0 Å². The summed E-state index contributed by atoms with van der Waals surface area (Å²) in [4.78, 5) is 27.9. The standard InChI is InChI=1S/C41H80N2O3/c1-4-6-19-25-40(26-20-7-5-2)31-38-46-41(45)29-23-17-13-10-12-16-22-28-39(30-32-43-35-33-42(3)34-36-43)27-21-15-11-8-9-14-18-24-37-44/h37,39-40H,4-36,38H2,1-3H3. The molecule has 1 atom stereocenters. The van der Waals surface area contributed by atoms with E-state index in [4.69, 9.17) is 4.74 Å². The third kappa shape index (κ3) is 27.1. The Morgan fingerprint density at radius 2 is 1.04 bits per heavy atom. The number of ether oxygens (including phenoxy) is 1. The van der Waals surface area contributed by atoms with Crippen molar-refractivity contribution in [3.63, 3.8) is 0 Å². The smallest absolute Gasteiger partial charge is 0.305 e. The van der Waals surface area contributed by atoms with Gasteiger partial charge < -0.3 is 19.3 Å². The fourth-order valence-corrected chi connectivity index (χ4v) is 7.21. The Bertz CT molecular complexity index is 654. The van der Waals surface area contributed by atoms with Crippen LogP contribution in [0.2, 0.25) is 0 Å². The normalized spacial score (nSPS) is 15.0. The summed E-state index contributed by atoms with van der Waals surface area (Å²) < 4.78 is 5.64. The number of hydrogen-bond donors (Lipinski definition) is 0. The minimum absolute atomic E-state index is 0.0260. The third-order valence-corrected chi connectivity index (χ3v) is 10.6. The van der Waals surface area contributed by atoms with Crippen LogP contribution in [-0.2, 0) is 14.3 Å². The van der Waals surface area contributed by atoms with Crippen LogP contribution < -0.4 is 0 Å². The summed E-state index contributed by atoms with van der Waals surface area (Å²) in [5, 5.41) is 0. The van der Waals surface area contributed by atoms with Gasteiger partial charge in [0.25, 0.3) is 0 Å². The Kier molecular flexibility index (Phi) is 30.5. The van der Waals surface area contributed by atoms with Gasteiger partial charge in [0.2, 0.25) is 0 Å². The first-order valence-electron chi connectivity index (χ1n) is 20.6. The lowest BCUT2D eigenvalue weighted by atomic mass is 9.91. The molecule has 0 N–H and O–H groups in total. The fraction of sp³-hybridized carbons (Fsp3) is 0.951. The average Bonchev–Trinajstić information content (AvgIpc) is 3.06. The van der Waals surface area contributed by atoms with Gasteiger partial charge in [-0.1, -0.05) is 155 Å². The zero-order valence-electron chi connectivity index (χ0n) is 31.4. The molecule has 1 unspecified atom stereocenters. The summed E-state index contributed by atoms with van der Waals surface area (Å²) in [5.41, 5.74) is 0. The highest BCUT2D eigenvalue weighted by Crippen LogP contribution is 2.24. The van der Waals surface area contributed by atoms with Crippen LogP contribution in [0.5, 0.6) is 0 Å². The van der Waals surface area contributed by atoms with E-state index in [0.29, 0.717) is 13.0 Å². The number of nitrogens with zero attached hydrogens (tertiary/aromatic N) is 2. The SMILES string of the molecule is CCCCCC(CCCCC)CCOC(=O)CCCCCCCCCC(CCCCCCCCCC=O)CCN1CCN(C)CC1. The molecule has 272 valence electrons. The number of esters is 1. The zero-order valence-corrected chi connectivity index (χ0v) is 31.4. The van der Waals surface area contributed by atoms with Crippen molar-refractivity contribution in [2.24, 2.45) is 11.8 Å². The quantitative estimate of drug-likeness (QED) is 0.0395. The van der Waals surface area contributed by atoms with Crippen molar-refractivity contribution < 1.29 is 14.3 Å². The molecular formula is C41H80N2O3. The second kappa shape index (κ2) is 32.6. The fourth-order valence-electron chi connectivity index (χ4n) is 7.21. The molecule has 0 spiro atoms. The van der Waals surface area contributed by atoms with Gasteiger partial charge in [0.05, 0.1) is 6.61 Å². The molecule has 1 aliphatic rings. The number of rotatable bonds is 34. The van der Waals surface area contributed by atoms with Crippen molar-refractivity contribution in [2.45, 2.75) is 194 Å². The largest absolute Gasteiger partial charge is 0.466 e. The molecule has 0 aliphatic carbocycles. The molecule has 0 aromatic rings. The predicted octanol–water partition coefficient (Wildman–Crippen LogP) is 11.2. The number of hydrogen-bond acceptors (Lipinski definition) is 5. The number of aldehydes is 1. The predicted molar refractivity (Wildman–Crippen MR) is 199 cm³/mol. The first-order valence-corrected chi connectivity index (χ1v) is 20.6. The number of carbonyl (C=O) groups is 2. The highest BCUT2D eigenvalue weighted by atomic mass is 16.5. The lowest BCUT2D eigenvalue weighted by molar-refractivity contribution is -0.144. The van der Waals surface area contributed by atoms with E-state index in [1.807, 2.05) is 0 Å². The van der Waals surface area contributed by atoms with Crippen LogP contribution in [-0.4, -0.2) is 68.4 Å². The van der Waals surface area contributed by atoms with Gasteiger partial charge in [0.1, 0.15) is 6.29 Å². The van der Waals surface area contributed by atoms with E-state index in [1.165, 1.54) is 174 Å². The summed E-state index contributed by atoms with van der Waals surface area (Å²) in [6, 6.07) is 0. The molecule has 1 fully saturated rings. The maximum absolute atomic E-state index is 12.3. The molecule has 5 heteroatoms. The number of likely N-dealkylation sites (N-methyl/N-ethyl adjacent to an activating group) is 1. The Labute approximate surface area is 287 Å². The highest BCUT2D eigenvalue weighted by molar-refractivity contribution is 5.69. The van der Waals surface area contributed by atoms with E-state index in [0.717, 1.165) is 50.2 Å². The Morgan fingerprint density at radius 3 is 1.57 bits per heavy atom. The Hall–Kier alpha value is -0.940. The van der Waals surface area contributed by atoms with Crippen LogP contribution in [0.4, 0.5) is 0 Å². The third-order valence-electron chi connectivity index (χ3n) is 10.6. The van der Waals surface area contributed by atoms with E-state index in [-0.39, 0.29) is 5.97 Å². The highest BCUT2D eigenvalue weighted by Gasteiger charge is 2.16. The van der Waals surface area contributed by atoms with Crippen LogP contribution in [0.3, 0.4) is 0 Å². The monoisotopic (exact) mass is 649 g/mol. The van der Waals surface area contributed by atoms with Crippen LogP contribution in [0.15, 0.2) is 0 Å². The minimum Gasteiger partial charge on any atom is -0.466 e. The molecule has 1 rings (SSSR count). The molecule has 0 aromatic carbocycles. The summed E-state index contributed by atoms with van der Waals surface area (Å²) in [6.07, 6.45) is 36.0. The maximum Gasteiger partial charge on any atom is 0.305 e.